The minimum Gasteiger partial charge on any atom is -0.489 e. The Bertz CT molecular complexity index is 1000. The topological polar surface area (TPSA) is 73.2 Å². The number of pyridine rings is 2. The van der Waals surface area contributed by atoms with E-state index in [-0.39, 0.29) is 11.5 Å². The SMILES string of the molecule is CCn1cc(C(=O)Nc2ccc(COc3cccc(Cl)c3)cn2)ccc1=O. The van der Waals surface area contributed by atoms with E-state index in [1.54, 1.807) is 24.4 Å². The number of halogens is 1. The molecule has 0 atom stereocenters. The molecule has 1 amide bonds. The first kappa shape index (κ1) is 18.7. The second-order valence-corrected chi connectivity index (χ2v) is 6.23. The van der Waals surface area contributed by atoms with Gasteiger partial charge in [0, 0.05) is 35.6 Å². The van der Waals surface area contributed by atoms with Crippen molar-refractivity contribution in [3.8, 4) is 5.75 Å². The van der Waals surface area contributed by atoms with E-state index in [1.807, 2.05) is 25.1 Å². The number of aryl methyl sites for hydroxylation is 1. The largest absolute Gasteiger partial charge is 0.489 e. The van der Waals surface area contributed by atoms with Gasteiger partial charge < -0.3 is 14.6 Å². The summed E-state index contributed by atoms with van der Waals surface area (Å²) in [6.07, 6.45) is 3.16. The van der Waals surface area contributed by atoms with E-state index in [0.29, 0.717) is 35.3 Å². The summed E-state index contributed by atoms with van der Waals surface area (Å²) in [7, 11) is 0. The van der Waals surface area contributed by atoms with Gasteiger partial charge in [-0.25, -0.2) is 4.98 Å². The van der Waals surface area contributed by atoms with Crippen LogP contribution in [0.2, 0.25) is 5.02 Å². The summed E-state index contributed by atoms with van der Waals surface area (Å²) < 4.78 is 7.13. The first-order chi connectivity index (χ1) is 13.0. The number of hydrogen-bond acceptors (Lipinski definition) is 4. The zero-order chi connectivity index (χ0) is 19.2. The number of nitrogens with zero attached hydrogens (tertiary/aromatic N) is 2. The standard InChI is InChI=1S/C20H18ClN3O3/c1-2-24-12-15(7-9-19(24)25)20(26)23-18-8-6-14(11-22-18)13-27-17-5-3-4-16(21)10-17/h3-12H,2,13H2,1H3,(H,22,23,26). The Balaban J connectivity index is 1.61. The predicted octanol–water partition coefficient (Wildman–Crippen LogP) is 3.75. The molecule has 6 nitrogen and oxygen atoms in total. The van der Waals surface area contributed by atoms with E-state index in [2.05, 4.69) is 10.3 Å². The number of aromatic nitrogens is 2. The van der Waals surface area contributed by atoms with Crippen LogP contribution in [0.15, 0.2) is 65.7 Å². The number of amides is 1. The van der Waals surface area contributed by atoms with Crippen molar-refractivity contribution in [2.75, 3.05) is 5.32 Å². The summed E-state index contributed by atoms with van der Waals surface area (Å²) in [4.78, 5) is 28.1. The van der Waals surface area contributed by atoms with Crippen molar-refractivity contribution in [1.29, 1.82) is 0 Å². The molecule has 1 N–H and O–H groups in total. The number of benzene rings is 1. The molecule has 0 aliphatic rings. The van der Waals surface area contributed by atoms with Crippen LogP contribution in [0.4, 0.5) is 5.82 Å². The van der Waals surface area contributed by atoms with Gasteiger partial charge in [0.15, 0.2) is 0 Å². The van der Waals surface area contributed by atoms with Gasteiger partial charge in [0.05, 0.1) is 5.56 Å². The van der Waals surface area contributed by atoms with E-state index >= 15 is 0 Å². The maximum atomic E-state index is 12.3. The summed E-state index contributed by atoms with van der Waals surface area (Å²) in [5.74, 6) is 0.763. The second kappa shape index (κ2) is 8.51. The van der Waals surface area contributed by atoms with Gasteiger partial charge in [0.2, 0.25) is 0 Å². The average molecular weight is 384 g/mol. The van der Waals surface area contributed by atoms with E-state index < -0.39 is 0 Å². The van der Waals surface area contributed by atoms with E-state index in [0.717, 1.165) is 5.56 Å². The molecule has 0 aliphatic carbocycles. The molecule has 0 saturated carbocycles. The minimum atomic E-state index is -0.326. The lowest BCUT2D eigenvalue weighted by Gasteiger charge is -2.09. The quantitative estimate of drug-likeness (QED) is 0.703. The number of carbonyl (C=O) groups excluding carboxylic acids is 1. The summed E-state index contributed by atoms with van der Waals surface area (Å²) in [6, 6.07) is 13.5. The molecule has 2 aromatic heterocycles. The molecular weight excluding hydrogens is 366 g/mol. The van der Waals surface area contributed by atoms with Gasteiger partial charge in [-0.3, -0.25) is 9.59 Å². The number of nitrogens with one attached hydrogen (secondary N) is 1. The highest BCUT2D eigenvalue weighted by atomic mass is 35.5. The fourth-order valence-electron chi connectivity index (χ4n) is 2.41. The van der Waals surface area contributed by atoms with Crippen molar-refractivity contribution < 1.29 is 9.53 Å². The molecule has 0 spiro atoms. The third-order valence-corrected chi connectivity index (χ3v) is 4.09. The zero-order valence-corrected chi connectivity index (χ0v) is 15.4. The number of anilines is 1. The van der Waals surface area contributed by atoms with Gasteiger partial charge >= 0.3 is 0 Å². The third-order valence-electron chi connectivity index (χ3n) is 3.85. The lowest BCUT2D eigenvalue weighted by Crippen LogP contribution is -2.21. The molecule has 3 aromatic rings. The summed E-state index contributed by atoms with van der Waals surface area (Å²) >= 11 is 5.92. The van der Waals surface area contributed by atoms with Gasteiger partial charge in [-0.1, -0.05) is 23.7 Å². The van der Waals surface area contributed by atoms with Gasteiger partial charge in [-0.2, -0.15) is 0 Å². The third kappa shape index (κ3) is 4.95. The number of rotatable bonds is 6. The lowest BCUT2D eigenvalue weighted by atomic mass is 10.2. The summed E-state index contributed by atoms with van der Waals surface area (Å²) in [6.45, 7) is 2.68. The minimum absolute atomic E-state index is 0.142. The molecule has 0 fully saturated rings. The first-order valence-electron chi connectivity index (χ1n) is 8.40. The van der Waals surface area contributed by atoms with Crippen LogP contribution in [0.1, 0.15) is 22.8 Å². The van der Waals surface area contributed by atoms with Crippen molar-refractivity contribution in [3.05, 3.63) is 87.4 Å². The van der Waals surface area contributed by atoms with Crippen molar-refractivity contribution in [1.82, 2.24) is 9.55 Å². The fraction of sp³-hybridized carbons (Fsp3) is 0.150. The fourth-order valence-corrected chi connectivity index (χ4v) is 2.59. The molecule has 0 aliphatic heterocycles. The molecule has 138 valence electrons. The molecule has 3 rings (SSSR count). The molecule has 0 saturated heterocycles. The van der Waals surface area contributed by atoms with Crippen LogP contribution in [0.3, 0.4) is 0 Å². The maximum absolute atomic E-state index is 12.3. The van der Waals surface area contributed by atoms with Crippen LogP contribution < -0.4 is 15.6 Å². The van der Waals surface area contributed by atoms with E-state index in [1.165, 1.54) is 22.9 Å². The normalized spacial score (nSPS) is 10.4. The second-order valence-electron chi connectivity index (χ2n) is 5.79. The first-order valence-corrected chi connectivity index (χ1v) is 8.78. The number of carbonyl (C=O) groups is 1. The Morgan fingerprint density at radius 2 is 2.07 bits per heavy atom. The van der Waals surface area contributed by atoms with Crippen LogP contribution in [0.25, 0.3) is 0 Å². The van der Waals surface area contributed by atoms with Gasteiger partial charge in [-0.05, 0) is 37.3 Å². The molecule has 7 heteroatoms. The predicted molar refractivity (Wildman–Crippen MR) is 104 cm³/mol. The lowest BCUT2D eigenvalue weighted by molar-refractivity contribution is 0.102. The highest BCUT2D eigenvalue weighted by Gasteiger charge is 2.08. The van der Waals surface area contributed by atoms with Crippen LogP contribution in [-0.2, 0) is 13.2 Å². The monoisotopic (exact) mass is 383 g/mol. The Hall–Kier alpha value is -3.12. The van der Waals surface area contributed by atoms with Crippen molar-refractivity contribution in [3.63, 3.8) is 0 Å². The van der Waals surface area contributed by atoms with Gasteiger partial charge in [0.1, 0.15) is 18.2 Å². The summed E-state index contributed by atoms with van der Waals surface area (Å²) in [5.41, 5.74) is 1.11. The molecular formula is C20H18ClN3O3. The number of hydrogen-bond donors (Lipinski definition) is 1. The molecule has 2 heterocycles. The van der Waals surface area contributed by atoms with Crippen molar-refractivity contribution in [2.24, 2.45) is 0 Å². The van der Waals surface area contributed by atoms with Crippen LogP contribution in [0, 0.1) is 0 Å². The molecule has 0 bridgehead atoms. The highest BCUT2D eigenvalue weighted by molar-refractivity contribution is 6.30. The average Bonchev–Trinajstić information content (AvgIpc) is 2.68. The molecule has 27 heavy (non-hydrogen) atoms. The Morgan fingerprint density at radius 3 is 2.78 bits per heavy atom. The number of ether oxygens (including phenoxy) is 1. The molecule has 0 radical (unpaired) electrons. The highest BCUT2D eigenvalue weighted by Crippen LogP contribution is 2.18. The van der Waals surface area contributed by atoms with Crippen LogP contribution in [0.5, 0.6) is 5.75 Å². The Kier molecular flexibility index (Phi) is 5.88. The Morgan fingerprint density at radius 1 is 1.22 bits per heavy atom. The maximum Gasteiger partial charge on any atom is 0.258 e. The molecule has 0 unspecified atom stereocenters. The zero-order valence-electron chi connectivity index (χ0n) is 14.7. The van der Waals surface area contributed by atoms with Gasteiger partial charge in [0.25, 0.3) is 11.5 Å². The molecule has 1 aromatic carbocycles. The van der Waals surface area contributed by atoms with E-state index in [9.17, 15) is 9.59 Å². The smallest absolute Gasteiger partial charge is 0.258 e. The Labute approximate surface area is 161 Å². The van der Waals surface area contributed by atoms with E-state index in [4.69, 9.17) is 16.3 Å². The van der Waals surface area contributed by atoms with Crippen molar-refractivity contribution in [2.45, 2.75) is 20.1 Å². The van der Waals surface area contributed by atoms with Crippen molar-refractivity contribution >= 4 is 23.3 Å². The van der Waals surface area contributed by atoms with Crippen LogP contribution in [-0.4, -0.2) is 15.5 Å². The summed E-state index contributed by atoms with van der Waals surface area (Å²) in [5, 5.41) is 3.32. The van der Waals surface area contributed by atoms with Gasteiger partial charge in [-0.15, -0.1) is 0 Å². The van der Waals surface area contributed by atoms with Crippen LogP contribution >= 0.6 is 11.6 Å².